The summed E-state index contributed by atoms with van der Waals surface area (Å²) < 4.78 is 3.60. The van der Waals surface area contributed by atoms with Gasteiger partial charge in [-0.05, 0) is 61.1 Å². The summed E-state index contributed by atoms with van der Waals surface area (Å²) in [5.74, 6) is 1.02. The van der Waals surface area contributed by atoms with Gasteiger partial charge in [0, 0.05) is 56.8 Å². The molecule has 0 fully saturated rings. The minimum absolute atomic E-state index is 0.304. The highest BCUT2D eigenvalue weighted by Gasteiger charge is 2.24. The van der Waals surface area contributed by atoms with Crippen LogP contribution in [-0.2, 0) is 13.1 Å². The number of anilines is 2. The SMILES string of the molecule is CCCCCCCCCCCCCCCCCCC(CCCCCCCCCCCCCCCCCC)CCn1c(=O)c(=O)c2ccc3c(ccc4c(=O)c(=O)n(CCC(CCCCCCCCCCCCCCCCCC)CCCCCCCCCCCCCCCCCC)c43)c21.Nc1cccc2c(N)cccc12.O=c1[nH]c2c(ccc3c2ccc2c(=O)c(=O)[nH]c23)c1=O. The molecule has 14 heteroatoms. The molecule has 0 unspecified atom stereocenters. The van der Waals surface area contributed by atoms with Crippen LogP contribution >= 0.6 is 0 Å². The topological polar surface area (TPSA) is 230 Å². The lowest BCUT2D eigenvalue weighted by molar-refractivity contribution is 0.361. The molecule has 4 heterocycles. The zero-order valence-electron chi connectivity index (χ0n) is 82.5. The minimum Gasteiger partial charge on any atom is -0.398 e. The number of nitrogens with one attached hydrogen (secondary N) is 2. The second-order valence-electron chi connectivity index (χ2n) is 39.7. The maximum Gasteiger partial charge on any atom is 0.299 e. The first kappa shape index (κ1) is 108. The monoisotopic (exact) mass is 1780 g/mol. The third-order valence-corrected chi connectivity index (χ3v) is 29.0. The molecule has 0 aliphatic heterocycles. The number of rotatable bonds is 74. The largest absolute Gasteiger partial charge is 0.398 e. The molecule has 6 aromatic carbocycles. The van der Waals surface area contributed by atoms with E-state index in [2.05, 4.69) is 37.7 Å². The van der Waals surface area contributed by atoms with Crippen molar-refractivity contribution in [3.8, 4) is 0 Å². The van der Waals surface area contributed by atoms with E-state index in [1.807, 2.05) is 60.7 Å². The van der Waals surface area contributed by atoms with Gasteiger partial charge in [0.2, 0.25) is 0 Å². The first-order valence-electron chi connectivity index (χ1n) is 54.4. The highest BCUT2D eigenvalue weighted by molar-refractivity contribution is 6.16. The first-order chi connectivity index (χ1) is 63.7. The fourth-order valence-corrected chi connectivity index (χ4v) is 20.8. The van der Waals surface area contributed by atoms with E-state index in [0.717, 1.165) is 45.8 Å². The molecule has 6 N–H and O–H groups in total. The van der Waals surface area contributed by atoms with Gasteiger partial charge in [0.05, 0.1) is 43.6 Å². The van der Waals surface area contributed by atoms with Crippen LogP contribution in [-0.4, -0.2) is 19.1 Å². The molecular formula is C116H178N6O8. The number of aromatic nitrogens is 4. The lowest BCUT2D eigenvalue weighted by Crippen LogP contribution is -2.27. The van der Waals surface area contributed by atoms with E-state index in [-0.39, 0.29) is 0 Å². The number of nitrogens with zero attached hydrogens (tertiary/aromatic N) is 2. The molecule has 0 aliphatic carbocycles. The van der Waals surface area contributed by atoms with Crippen LogP contribution in [0.25, 0.3) is 75.9 Å². The molecular weight excluding hydrogens is 1610 g/mol. The van der Waals surface area contributed by atoms with Gasteiger partial charge >= 0.3 is 0 Å². The number of nitrogens with two attached hydrogens (primary N) is 2. The van der Waals surface area contributed by atoms with Gasteiger partial charge in [0.25, 0.3) is 44.0 Å². The molecule has 10 aromatic rings. The fraction of sp³-hybridized carbons (Fsp3) is 0.672. The third-order valence-electron chi connectivity index (χ3n) is 29.0. The van der Waals surface area contributed by atoms with Crippen molar-refractivity contribution in [2.75, 3.05) is 11.5 Å². The number of benzene rings is 6. The average molecular weight is 1780 g/mol. The zero-order valence-corrected chi connectivity index (χ0v) is 82.5. The highest BCUT2D eigenvalue weighted by atomic mass is 16.2. The quantitative estimate of drug-likeness (QED) is 0.0160. The molecule has 0 atom stereocenters. The van der Waals surface area contributed by atoms with Crippen LogP contribution in [0, 0.1) is 11.8 Å². The van der Waals surface area contributed by atoms with Crippen LogP contribution in [0.15, 0.2) is 123 Å². The Hall–Kier alpha value is -7.74. The molecule has 0 aliphatic rings. The highest BCUT2D eigenvalue weighted by Crippen LogP contribution is 2.34. The first-order valence-corrected chi connectivity index (χ1v) is 54.4. The molecule has 0 amide bonds. The van der Waals surface area contributed by atoms with Crippen molar-refractivity contribution >= 4 is 87.3 Å². The molecule has 4 aromatic heterocycles. The molecule has 0 saturated carbocycles. The molecule has 130 heavy (non-hydrogen) atoms. The van der Waals surface area contributed by atoms with Crippen molar-refractivity contribution in [3.63, 3.8) is 0 Å². The van der Waals surface area contributed by atoms with Crippen LogP contribution in [0.4, 0.5) is 11.4 Å². The normalized spacial score (nSPS) is 11.9. The fourth-order valence-electron chi connectivity index (χ4n) is 20.8. The lowest BCUT2D eigenvalue weighted by Gasteiger charge is -2.18. The van der Waals surface area contributed by atoms with Gasteiger partial charge in [-0.25, -0.2) is 0 Å². The smallest absolute Gasteiger partial charge is 0.299 e. The molecule has 720 valence electrons. The molecule has 0 saturated heterocycles. The molecule has 0 spiro atoms. The Balaban J connectivity index is 0.000000529. The predicted octanol–water partition coefficient (Wildman–Crippen LogP) is 31.8. The molecule has 0 bridgehead atoms. The molecule has 10 rings (SSSR count). The van der Waals surface area contributed by atoms with E-state index in [1.165, 1.54) is 449 Å². The second-order valence-corrected chi connectivity index (χ2v) is 39.7. The van der Waals surface area contributed by atoms with Gasteiger partial charge in [-0.1, -0.05) is 513 Å². The van der Waals surface area contributed by atoms with Crippen molar-refractivity contribution in [2.24, 2.45) is 11.8 Å². The van der Waals surface area contributed by atoms with Crippen molar-refractivity contribution < 1.29 is 0 Å². The van der Waals surface area contributed by atoms with Crippen molar-refractivity contribution in [1.29, 1.82) is 0 Å². The van der Waals surface area contributed by atoms with E-state index in [9.17, 15) is 38.4 Å². The van der Waals surface area contributed by atoms with Crippen LogP contribution in [0.5, 0.6) is 0 Å². The predicted molar refractivity (Wildman–Crippen MR) is 563 cm³/mol. The number of hydrogen-bond donors (Lipinski definition) is 4. The number of fused-ring (bicyclic) bond motifs is 11. The average Bonchev–Trinajstić information content (AvgIpc) is 1.57. The maximum absolute atomic E-state index is 14.2. The van der Waals surface area contributed by atoms with Crippen molar-refractivity contribution in [1.82, 2.24) is 19.1 Å². The summed E-state index contributed by atoms with van der Waals surface area (Å²) in [5, 5.41) is 6.47. The van der Waals surface area contributed by atoms with E-state index >= 15 is 0 Å². The van der Waals surface area contributed by atoms with Gasteiger partial charge < -0.3 is 30.6 Å². The van der Waals surface area contributed by atoms with Crippen molar-refractivity contribution in [3.05, 3.63) is 167 Å². The Morgan fingerprint density at radius 1 is 0.215 bits per heavy atom. The molecule has 14 nitrogen and oxygen atoms in total. The van der Waals surface area contributed by atoms with Crippen molar-refractivity contribution in [2.45, 2.75) is 490 Å². The van der Waals surface area contributed by atoms with Gasteiger partial charge in [0.1, 0.15) is 0 Å². The Morgan fingerprint density at radius 2 is 0.415 bits per heavy atom. The molecule has 0 radical (unpaired) electrons. The van der Waals surface area contributed by atoms with E-state index in [0.29, 0.717) is 79.3 Å². The standard InChI is InChI=1S/C92H162N2O4.C14H6N2O4.C10H10N2/c1-5-9-13-17-21-25-29-33-37-41-45-49-53-57-61-65-69-81(70-66-62-58-54-50-46-42-38-34-30-26-22-18-14-10-6-2)77-79-93-87-83-73-76-86-88(84(83)74-75-85(87)89(95)91(93)97)94(92(98)90(86)96)80-78-82(71-67-63-59-55-51-47-43-39-35-31-27-23-19-15-11-7-3)72-68-64-60-56-52-48-44-40-36-32-28-24-20-16-12-8-4;17-11-7-3-1-5-6(10(7)16-13(11)19)2-4-8-9(5)15-14(20)12(8)18;11-9-5-1-3-7-8(9)4-2-6-10(7)12/h73-76,81-82H,5-72,77-80H2,1-4H3;1-4H,(H,15,18,20)(H,16,17,19);1-6H,11-12H2. The van der Waals surface area contributed by atoms with Gasteiger partial charge in [-0.3, -0.25) is 38.4 Å². The Morgan fingerprint density at radius 3 is 0.646 bits per heavy atom. The van der Waals surface area contributed by atoms with Gasteiger partial charge in [-0.15, -0.1) is 0 Å². The summed E-state index contributed by atoms with van der Waals surface area (Å²) in [7, 11) is 0. The number of unbranched alkanes of at least 4 members (excludes halogenated alkanes) is 60. The Kier molecular flexibility index (Phi) is 53.8. The Labute approximate surface area is 782 Å². The van der Waals surface area contributed by atoms with Crippen LogP contribution in [0.2, 0.25) is 0 Å². The summed E-state index contributed by atoms with van der Waals surface area (Å²) >= 11 is 0. The third kappa shape index (κ3) is 37.3. The summed E-state index contributed by atoms with van der Waals surface area (Å²) in [6, 6.07) is 25.3. The number of aryl methyl sites for hydroxylation is 2. The zero-order chi connectivity index (χ0) is 92.4. The number of nitrogen functional groups attached to an aromatic ring is 2. The summed E-state index contributed by atoms with van der Waals surface area (Å²) in [4.78, 5) is 107. The summed E-state index contributed by atoms with van der Waals surface area (Å²) in [6.07, 6.45) is 94.4. The summed E-state index contributed by atoms with van der Waals surface area (Å²) in [6.45, 7) is 10.3. The van der Waals surface area contributed by atoms with Crippen LogP contribution in [0.1, 0.15) is 477 Å². The van der Waals surface area contributed by atoms with E-state index in [1.54, 1.807) is 21.3 Å². The minimum atomic E-state index is -0.673. The Bertz CT molecular complexity index is 4810. The van der Waals surface area contributed by atoms with Crippen LogP contribution in [0.3, 0.4) is 0 Å². The van der Waals surface area contributed by atoms with Gasteiger partial charge in [0.15, 0.2) is 0 Å². The van der Waals surface area contributed by atoms with E-state index < -0.39 is 44.0 Å². The second kappa shape index (κ2) is 65.0. The number of hydrogen-bond acceptors (Lipinski definition) is 10. The van der Waals surface area contributed by atoms with Crippen LogP contribution < -0.4 is 55.4 Å². The van der Waals surface area contributed by atoms with Gasteiger partial charge in [-0.2, -0.15) is 0 Å². The van der Waals surface area contributed by atoms with E-state index in [4.69, 9.17) is 11.5 Å². The number of H-pyrrole nitrogens is 2. The number of aromatic amines is 2. The lowest BCUT2D eigenvalue weighted by atomic mass is 9.91. The maximum atomic E-state index is 14.2. The summed E-state index contributed by atoms with van der Waals surface area (Å²) in [5.41, 5.74) is 11.1.